The Kier molecular flexibility index (Phi) is 5.24. The van der Waals surface area contributed by atoms with E-state index < -0.39 is 5.54 Å². The van der Waals surface area contributed by atoms with Crippen LogP contribution in [0.3, 0.4) is 0 Å². The van der Waals surface area contributed by atoms with Gasteiger partial charge >= 0.3 is 0 Å². The van der Waals surface area contributed by atoms with Crippen LogP contribution >= 0.6 is 11.3 Å². The molecule has 2 aliphatic heterocycles. The average Bonchev–Trinajstić information content (AvgIpc) is 3.20. The molecule has 1 saturated heterocycles. The lowest BCUT2D eigenvalue weighted by Gasteiger charge is -2.37. The van der Waals surface area contributed by atoms with Crippen LogP contribution in [0.1, 0.15) is 31.7 Å². The first-order valence-electron chi connectivity index (χ1n) is 8.80. The summed E-state index contributed by atoms with van der Waals surface area (Å²) in [6.07, 6.45) is 2.01. The third kappa shape index (κ3) is 3.56. The fourth-order valence-corrected chi connectivity index (χ4v) is 3.84. The molecule has 1 spiro atoms. The molecule has 142 valence electrons. The van der Waals surface area contributed by atoms with E-state index in [4.69, 9.17) is 0 Å². The molecule has 2 aliphatic rings. The normalized spacial score (nSPS) is 20.6. The van der Waals surface area contributed by atoms with Crippen molar-refractivity contribution < 1.29 is 9.59 Å². The molecule has 26 heavy (non-hydrogen) atoms. The maximum atomic E-state index is 12.5. The number of hydrogen-bond acceptors (Lipinski definition) is 8. The van der Waals surface area contributed by atoms with Gasteiger partial charge in [0.15, 0.2) is 0 Å². The number of piperidine rings is 1. The van der Waals surface area contributed by atoms with Crippen molar-refractivity contribution in [3.05, 3.63) is 5.01 Å². The Hall–Kier alpha value is -2.07. The Morgan fingerprint density at radius 3 is 2.62 bits per heavy atom. The number of carbonyl (C=O) groups excluding carboxylic acids is 2. The van der Waals surface area contributed by atoms with E-state index in [0.717, 1.165) is 11.4 Å². The number of nitrogens with zero attached hydrogens (tertiary/aromatic N) is 5. The van der Waals surface area contributed by atoms with Crippen LogP contribution in [0, 0.1) is 0 Å². The summed E-state index contributed by atoms with van der Waals surface area (Å²) in [4.78, 5) is 33.4. The molecule has 0 bridgehead atoms. The maximum absolute atomic E-state index is 12.5. The van der Waals surface area contributed by atoms with Crippen LogP contribution in [0.25, 0.3) is 0 Å². The van der Waals surface area contributed by atoms with Gasteiger partial charge in [-0.2, -0.15) is 0 Å². The Bertz CT molecular complexity index is 722. The van der Waals surface area contributed by atoms with Crippen molar-refractivity contribution in [1.29, 1.82) is 0 Å². The molecule has 0 aliphatic carbocycles. The molecule has 3 heterocycles. The lowest BCUT2D eigenvalue weighted by molar-refractivity contribution is -0.126. The van der Waals surface area contributed by atoms with E-state index >= 15 is 0 Å². The van der Waals surface area contributed by atoms with Crippen molar-refractivity contribution in [2.75, 3.05) is 32.5 Å². The summed E-state index contributed by atoms with van der Waals surface area (Å²) in [5.41, 5.74) is -0.693. The van der Waals surface area contributed by atoms with Gasteiger partial charge in [0.1, 0.15) is 10.5 Å². The van der Waals surface area contributed by atoms with E-state index in [1.165, 1.54) is 11.3 Å². The molecule has 0 aromatic carbocycles. The number of hydrogen-bond donors (Lipinski definition) is 2. The first-order valence-corrected chi connectivity index (χ1v) is 9.62. The van der Waals surface area contributed by atoms with Crippen LogP contribution in [0.4, 0.5) is 5.13 Å². The molecule has 1 atom stereocenters. The van der Waals surface area contributed by atoms with Crippen molar-refractivity contribution in [1.82, 2.24) is 25.3 Å². The van der Waals surface area contributed by atoms with Gasteiger partial charge in [0, 0.05) is 27.2 Å². The Morgan fingerprint density at radius 2 is 2.08 bits per heavy atom. The molecule has 1 aromatic rings. The van der Waals surface area contributed by atoms with Crippen molar-refractivity contribution in [2.45, 2.75) is 44.7 Å². The number of aliphatic imine (C=N–C) groups is 1. The molecule has 2 amide bonds. The van der Waals surface area contributed by atoms with Crippen molar-refractivity contribution in [2.24, 2.45) is 4.99 Å². The zero-order valence-corrected chi connectivity index (χ0v) is 16.4. The summed E-state index contributed by atoms with van der Waals surface area (Å²) >= 11 is 1.40. The minimum absolute atomic E-state index is 0.0427. The van der Waals surface area contributed by atoms with E-state index in [2.05, 4.69) is 30.7 Å². The van der Waals surface area contributed by atoms with Gasteiger partial charge in [0.25, 0.3) is 5.91 Å². The smallest absolute Gasteiger partial charge is 0.254 e. The highest BCUT2D eigenvalue weighted by Gasteiger charge is 2.47. The Balaban J connectivity index is 1.59. The molecule has 3 rings (SSSR count). The summed E-state index contributed by atoms with van der Waals surface area (Å²) in [6, 6.07) is -0.303. The molecule has 1 aromatic heterocycles. The second kappa shape index (κ2) is 7.28. The number of likely N-dealkylation sites (tertiary alicyclic amines) is 1. The fourth-order valence-electron chi connectivity index (χ4n) is 3.15. The largest absolute Gasteiger partial charge is 0.349 e. The minimum Gasteiger partial charge on any atom is -0.349 e. The third-order valence-corrected chi connectivity index (χ3v) is 5.93. The second-order valence-electron chi connectivity index (χ2n) is 6.87. The number of anilines is 1. The van der Waals surface area contributed by atoms with E-state index in [1.807, 2.05) is 32.8 Å². The first kappa shape index (κ1) is 18.7. The van der Waals surface area contributed by atoms with Gasteiger partial charge in [0.05, 0.1) is 6.04 Å². The highest BCUT2D eigenvalue weighted by Crippen LogP contribution is 2.31. The van der Waals surface area contributed by atoms with Crippen LogP contribution in [0.15, 0.2) is 4.99 Å². The summed E-state index contributed by atoms with van der Waals surface area (Å²) in [7, 11) is 3.72. The number of nitrogens with one attached hydrogen (secondary N) is 2. The summed E-state index contributed by atoms with van der Waals surface area (Å²) < 4.78 is 0. The molecule has 9 nitrogen and oxygen atoms in total. The fraction of sp³-hybridized carbons (Fsp3) is 0.688. The second-order valence-corrected chi connectivity index (χ2v) is 7.93. The molecule has 1 fully saturated rings. The molecule has 0 saturated carbocycles. The quantitative estimate of drug-likeness (QED) is 0.781. The topological polar surface area (TPSA) is 103 Å². The number of amides is 2. The number of rotatable bonds is 4. The van der Waals surface area contributed by atoms with Crippen LogP contribution in [-0.4, -0.2) is 76.5 Å². The number of guanidine groups is 1. The maximum Gasteiger partial charge on any atom is 0.254 e. The predicted molar refractivity (Wildman–Crippen MR) is 100 cm³/mol. The minimum atomic E-state index is -0.693. The first-order chi connectivity index (χ1) is 12.3. The molecule has 2 N–H and O–H groups in total. The van der Waals surface area contributed by atoms with Crippen molar-refractivity contribution in [3.63, 3.8) is 0 Å². The zero-order valence-electron chi connectivity index (χ0n) is 15.6. The Labute approximate surface area is 156 Å². The van der Waals surface area contributed by atoms with Crippen LogP contribution in [0.5, 0.6) is 0 Å². The summed E-state index contributed by atoms with van der Waals surface area (Å²) in [5.74, 6) is 0.462. The van der Waals surface area contributed by atoms with Crippen molar-refractivity contribution >= 4 is 34.2 Å². The highest BCUT2D eigenvalue weighted by molar-refractivity contribution is 7.15. The molecular formula is C16H25N7O2S. The molecule has 10 heteroatoms. The zero-order chi connectivity index (χ0) is 18.9. The van der Waals surface area contributed by atoms with Gasteiger partial charge < -0.3 is 4.90 Å². The van der Waals surface area contributed by atoms with Crippen molar-refractivity contribution in [3.8, 4) is 0 Å². The number of aryl methyl sites for hydroxylation is 1. The van der Waals surface area contributed by atoms with Gasteiger partial charge in [-0.3, -0.25) is 25.1 Å². The number of carbonyl (C=O) groups is 2. The molecular weight excluding hydrogens is 354 g/mol. The predicted octanol–water partition coefficient (Wildman–Crippen LogP) is 0.310. The van der Waals surface area contributed by atoms with E-state index in [-0.39, 0.29) is 17.9 Å². The van der Waals surface area contributed by atoms with E-state index in [1.54, 1.807) is 0 Å². The standard InChI is InChI=1S/C16H25N7O2S/c1-5-11-20-21-15(26-11)17-12(24)10(2)23-8-6-16(7-9-23)13(25)18-14(19-16)22(3)4/h10H,5-9H2,1-4H3,(H,17,21,24)(H,18,19,25)/t10-/m1/s1. The van der Waals surface area contributed by atoms with Gasteiger partial charge in [-0.05, 0) is 26.2 Å². The lowest BCUT2D eigenvalue weighted by Crippen LogP contribution is -2.53. The Morgan fingerprint density at radius 1 is 1.38 bits per heavy atom. The highest BCUT2D eigenvalue weighted by atomic mass is 32.1. The van der Waals surface area contributed by atoms with Crippen LogP contribution in [0.2, 0.25) is 0 Å². The van der Waals surface area contributed by atoms with E-state index in [0.29, 0.717) is 37.0 Å². The third-order valence-electron chi connectivity index (χ3n) is 4.94. The monoisotopic (exact) mass is 379 g/mol. The van der Waals surface area contributed by atoms with Gasteiger partial charge in [0.2, 0.25) is 17.0 Å². The van der Waals surface area contributed by atoms with Crippen LogP contribution in [-0.2, 0) is 16.0 Å². The summed E-state index contributed by atoms with van der Waals surface area (Å²) in [6.45, 7) is 5.16. The average molecular weight is 379 g/mol. The van der Waals surface area contributed by atoms with E-state index in [9.17, 15) is 9.59 Å². The lowest BCUT2D eigenvalue weighted by atomic mass is 9.87. The molecule has 0 unspecified atom stereocenters. The van der Waals surface area contributed by atoms with Crippen LogP contribution < -0.4 is 10.6 Å². The van der Waals surface area contributed by atoms with Gasteiger partial charge in [-0.1, -0.05) is 18.3 Å². The molecule has 0 radical (unpaired) electrons. The SMILES string of the molecule is CCc1nnc(NC(=O)[C@@H](C)N2CCC3(CC2)N=C(N(C)C)NC3=O)s1. The number of aromatic nitrogens is 2. The summed E-state index contributed by atoms with van der Waals surface area (Å²) in [5, 5.41) is 15.1. The van der Waals surface area contributed by atoms with Gasteiger partial charge in [-0.25, -0.2) is 4.99 Å². The van der Waals surface area contributed by atoms with Gasteiger partial charge in [-0.15, -0.1) is 10.2 Å².